The Morgan fingerprint density at radius 1 is 1.44 bits per heavy atom. The number of pyridine rings is 1. The van der Waals surface area contributed by atoms with Crippen molar-refractivity contribution in [3.8, 4) is 0 Å². The summed E-state index contributed by atoms with van der Waals surface area (Å²) in [4.78, 5) is 25.3. The Hall–Kier alpha value is -1.62. The minimum absolute atomic E-state index is 0.0613. The van der Waals surface area contributed by atoms with Crippen LogP contribution < -0.4 is 5.56 Å². The minimum Gasteiger partial charge on any atom is -0.478 e. The van der Waals surface area contributed by atoms with Crippen LogP contribution in [0.3, 0.4) is 0 Å². The SMILES string of the molecule is Cc1c(C(=O)O)c2ccc(Br)cc2[nH]c1=O. The third-order valence-corrected chi connectivity index (χ3v) is 2.92. The van der Waals surface area contributed by atoms with Crippen molar-refractivity contribution in [2.24, 2.45) is 0 Å². The molecule has 0 saturated heterocycles. The summed E-state index contributed by atoms with van der Waals surface area (Å²) in [7, 11) is 0. The number of H-pyrrole nitrogens is 1. The summed E-state index contributed by atoms with van der Waals surface area (Å²) < 4.78 is 0.788. The second-order valence-electron chi connectivity index (χ2n) is 3.45. The first-order chi connectivity index (χ1) is 7.50. The Morgan fingerprint density at radius 2 is 2.12 bits per heavy atom. The number of halogens is 1. The summed E-state index contributed by atoms with van der Waals surface area (Å²) >= 11 is 3.27. The monoisotopic (exact) mass is 281 g/mol. The fourth-order valence-corrected chi connectivity index (χ4v) is 2.01. The zero-order chi connectivity index (χ0) is 11.9. The van der Waals surface area contributed by atoms with Gasteiger partial charge in [-0.25, -0.2) is 4.79 Å². The Morgan fingerprint density at radius 3 is 2.75 bits per heavy atom. The second kappa shape index (κ2) is 3.75. The molecule has 2 aromatic rings. The van der Waals surface area contributed by atoms with Gasteiger partial charge in [0.2, 0.25) is 0 Å². The number of hydrogen-bond donors (Lipinski definition) is 2. The summed E-state index contributed by atoms with van der Waals surface area (Å²) in [6, 6.07) is 5.10. The number of rotatable bonds is 1. The van der Waals surface area contributed by atoms with Gasteiger partial charge in [0.15, 0.2) is 0 Å². The number of fused-ring (bicyclic) bond motifs is 1. The summed E-state index contributed by atoms with van der Waals surface area (Å²) in [6.45, 7) is 1.50. The van der Waals surface area contributed by atoms with Gasteiger partial charge in [0.05, 0.1) is 11.1 Å². The van der Waals surface area contributed by atoms with Crippen molar-refractivity contribution in [3.05, 3.63) is 44.2 Å². The van der Waals surface area contributed by atoms with Crippen molar-refractivity contribution >= 4 is 32.8 Å². The van der Waals surface area contributed by atoms with Crippen LogP contribution in [-0.4, -0.2) is 16.1 Å². The van der Waals surface area contributed by atoms with Crippen LogP contribution in [0.25, 0.3) is 10.9 Å². The first kappa shape index (κ1) is 10.9. The fourth-order valence-electron chi connectivity index (χ4n) is 1.65. The van der Waals surface area contributed by atoms with E-state index in [9.17, 15) is 9.59 Å². The van der Waals surface area contributed by atoms with Crippen molar-refractivity contribution in [1.82, 2.24) is 4.98 Å². The quantitative estimate of drug-likeness (QED) is 0.843. The lowest BCUT2D eigenvalue weighted by Crippen LogP contribution is -2.16. The number of benzene rings is 1. The van der Waals surface area contributed by atoms with E-state index in [4.69, 9.17) is 5.11 Å². The number of carboxylic acid groups (broad SMARTS) is 1. The predicted octanol–water partition coefficient (Wildman–Crippen LogP) is 2.30. The van der Waals surface area contributed by atoms with E-state index in [1.54, 1.807) is 18.2 Å². The van der Waals surface area contributed by atoms with E-state index in [2.05, 4.69) is 20.9 Å². The summed E-state index contributed by atoms with van der Waals surface area (Å²) in [6.07, 6.45) is 0. The van der Waals surface area contributed by atoms with Crippen molar-refractivity contribution < 1.29 is 9.90 Å². The van der Waals surface area contributed by atoms with E-state index in [1.807, 2.05) is 0 Å². The molecule has 0 unspecified atom stereocenters. The Labute approximate surface area is 99.0 Å². The number of aromatic nitrogens is 1. The molecule has 0 saturated carbocycles. The van der Waals surface area contributed by atoms with Crippen LogP contribution in [0.5, 0.6) is 0 Å². The van der Waals surface area contributed by atoms with Gasteiger partial charge in [0.1, 0.15) is 0 Å². The van der Waals surface area contributed by atoms with Crippen LogP contribution in [0.15, 0.2) is 27.5 Å². The maximum atomic E-state index is 11.5. The Balaban J connectivity index is 3.00. The van der Waals surface area contributed by atoms with Crippen LogP contribution in [-0.2, 0) is 0 Å². The topological polar surface area (TPSA) is 70.2 Å². The van der Waals surface area contributed by atoms with E-state index < -0.39 is 5.97 Å². The van der Waals surface area contributed by atoms with Crippen LogP contribution in [0.4, 0.5) is 0 Å². The molecule has 0 bridgehead atoms. The number of carboxylic acids is 1. The standard InChI is InChI=1S/C11H8BrNO3/c1-5-9(11(15)16)7-3-2-6(12)4-8(7)13-10(5)14/h2-4H,1H3,(H,13,14)(H,15,16). The van der Waals surface area contributed by atoms with Gasteiger partial charge in [0, 0.05) is 15.4 Å². The first-order valence-corrected chi connectivity index (χ1v) is 5.35. The van der Waals surface area contributed by atoms with Gasteiger partial charge in [-0.2, -0.15) is 0 Å². The maximum Gasteiger partial charge on any atom is 0.336 e. The van der Waals surface area contributed by atoms with Gasteiger partial charge in [-0.3, -0.25) is 4.79 Å². The highest BCUT2D eigenvalue weighted by Gasteiger charge is 2.15. The van der Waals surface area contributed by atoms with Gasteiger partial charge in [-0.1, -0.05) is 22.0 Å². The molecule has 1 heterocycles. The second-order valence-corrected chi connectivity index (χ2v) is 4.36. The molecule has 0 aliphatic carbocycles. The van der Waals surface area contributed by atoms with E-state index in [-0.39, 0.29) is 16.7 Å². The van der Waals surface area contributed by atoms with Crippen molar-refractivity contribution in [1.29, 1.82) is 0 Å². The lowest BCUT2D eigenvalue weighted by atomic mass is 10.0. The van der Waals surface area contributed by atoms with Crippen molar-refractivity contribution in [2.45, 2.75) is 6.92 Å². The molecule has 0 fully saturated rings. The molecule has 16 heavy (non-hydrogen) atoms. The highest BCUT2D eigenvalue weighted by molar-refractivity contribution is 9.10. The van der Waals surface area contributed by atoms with Gasteiger partial charge in [0.25, 0.3) is 5.56 Å². The number of carbonyl (C=O) groups is 1. The summed E-state index contributed by atoms with van der Waals surface area (Å²) in [5.41, 5.74) is 0.430. The molecular weight excluding hydrogens is 274 g/mol. The molecule has 2 N–H and O–H groups in total. The van der Waals surface area contributed by atoms with Crippen LogP contribution in [0.2, 0.25) is 0 Å². The maximum absolute atomic E-state index is 11.5. The number of nitrogens with one attached hydrogen (secondary N) is 1. The molecule has 82 valence electrons. The third kappa shape index (κ3) is 1.63. The van der Waals surface area contributed by atoms with E-state index in [0.717, 1.165) is 4.47 Å². The largest absolute Gasteiger partial charge is 0.478 e. The molecule has 2 rings (SSSR count). The molecule has 4 nitrogen and oxygen atoms in total. The number of aromatic amines is 1. The Bertz CT molecular complexity index is 645. The molecule has 0 amide bonds. The smallest absolute Gasteiger partial charge is 0.336 e. The Kier molecular flexibility index (Phi) is 2.55. The van der Waals surface area contributed by atoms with Gasteiger partial charge < -0.3 is 10.1 Å². The highest BCUT2D eigenvalue weighted by Crippen LogP contribution is 2.21. The highest BCUT2D eigenvalue weighted by atomic mass is 79.9. The molecule has 0 aliphatic rings. The van der Waals surface area contributed by atoms with E-state index >= 15 is 0 Å². The third-order valence-electron chi connectivity index (χ3n) is 2.43. The molecule has 0 atom stereocenters. The average molecular weight is 282 g/mol. The predicted molar refractivity (Wildman–Crippen MR) is 64.0 cm³/mol. The molecule has 5 heteroatoms. The fraction of sp³-hybridized carbons (Fsp3) is 0.0909. The van der Waals surface area contributed by atoms with Crippen LogP contribution in [0, 0.1) is 6.92 Å². The summed E-state index contributed by atoms with van der Waals surface area (Å²) in [5.74, 6) is -1.09. The normalized spacial score (nSPS) is 10.6. The molecule has 0 aliphatic heterocycles. The molecule has 1 aromatic heterocycles. The minimum atomic E-state index is -1.09. The molecule has 0 radical (unpaired) electrons. The van der Waals surface area contributed by atoms with Crippen molar-refractivity contribution in [2.75, 3.05) is 0 Å². The first-order valence-electron chi connectivity index (χ1n) is 4.56. The molecule has 1 aromatic carbocycles. The number of hydrogen-bond acceptors (Lipinski definition) is 2. The average Bonchev–Trinajstić information content (AvgIpc) is 2.19. The lowest BCUT2D eigenvalue weighted by Gasteiger charge is -2.05. The lowest BCUT2D eigenvalue weighted by molar-refractivity contribution is 0.0698. The summed E-state index contributed by atoms with van der Waals surface area (Å²) in [5, 5.41) is 9.63. The van der Waals surface area contributed by atoms with E-state index in [0.29, 0.717) is 10.9 Å². The van der Waals surface area contributed by atoms with Crippen LogP contribution >= 0.6 is 15.9 Å². The van der Waals surface area contributed by atoms with Crippen LogP contribution in [0.1, 0.15) is 15.9 Å². The molecule has 0 spiro atoms. The van der Waals surface area contributed by atoms with Crippen molar-refractivity contribution in [3.63, 3.8) is 0 Å². The zero-order valence-electron chi connectivity index (χ0n) is 8.37. The van der Waals surface area contributed by atoms with E-state index in [1.165, 1.54) is 6.92 Å². The van der Waals surface area contributed by atoms with Gasteiger partial charge >= 0.3 is 5.97 Å². The van der Waals surface area contributed by atoms with Gasteiger partial charge in [-0.15, -0.1) is 0 Å². The molecular formula is C11H8BrNO3. The number of aromatic carboxylic acids is 1. The van der Waals surface area contributed by atoms with Gasteiger partial charge in [-0.05, 0) is 19.1 Å². The zero-order valence-corrected chi connectivity index (χ0v) is 9.96.